The van der Waals surface area contributed by atoms with Gasteiger partial charge in [0.2, 0.25) is 0 Å². The van der Waals surface area contributed by atoms with Crippen LogP contribution in [0.5, 0.6) is 0 Å². The fourth-order valence-electron chi connectivity index (χ4n) is 4.42. The Kier molecular flexibility index (Phi) is 4.96. The molecule has 6 heteroatoms. The van der Waals surface area contributed by atoms with Crippen molar-refractivity contribution in [3.8, 4) is 0 Å². The first-order chi connectivity index (χ1) is 13.3. The lowest BCUT2D eigenvalue weighted by Gasteiger charge is -2.48. The molecule has 1 aromatic rings. The Hall–Kier alpha value is -1.92. The third-order valence-corrected chi connectivity index (χ3v) is 6.51. The Morgan fingerprint density at radius 1 is 1.39 bits per heavy atom. The van der Waals surface area contributed by atoms with Gasteiger partial charge in [0.15, 0.2) is 0 Å². The Balaban J connectivity index is 1.41. The van der Waals surface area contributed by atoms with E-state index < -0.39 is 0 Å². The summed E-state index contributed by atoms with van der Waals surface area (Å²) in [6.07, 6.45) is 6.04. The number of ether oxygens (including phenoxy) is 1. The van der Waals surface area contributed by atoms with Crippen LogP contribution in [0.1, 0.15) is 31.7 Å². The van der Waals surface area contributed by atoms with Gasteiger partial charge >= 0.3 is 0 Å². The quantitative estimate of drug-likeness (QED) is 0.666. The molecule has 1 atom stereocenters. The number of benzene rings is 1. The number of rotatable bonds is 7. The third kappa shape index (κ3) is 3.80. The molecule has 4 rings (SSSR count). The van der Waals surface area contributed by atoms with E-state index in [1.54, 1.807) is 0 Å². The highest BCUT2D eigenvalue weighted by molar-refractivity contribution is 5.78. The summed E-state index contributed by atoms with van der Waals surface area (Å²) in [7, 11) is 4.08. The maximum absolute atomic E-state index is 9.49. The zero-order valence-corrected chi connectivity index (χ0v) is 17.4. The summed E-state index contributed by atoms with van der Waals surface area (Å²) in [5, 5.41) is 12.9. The molecule has 2 aliphatic heterocycles. The second-order valence-electron chi connectivity index (χ2n) is 9.57. The van der Waals surface area contributed by atoms with E-state index >= 15 is 0 Å². The van der Waals surface area contributed by atoms with Crippen LogP contribution in [0.4, 0.5) is 11.4 Å². The molecule has 1 spiro atoms. The summed E-state index contributed by atoms with van der Waals surface area (Å²) < 4.78 is 5.90. The maximum atomic E-state index is 9.49. The van der Waals surface area contributed by atoms with Gasteiger partial charge < -0.3 is 30.7 Å². The van der Waals surface area contributed by atoms with Crippen LogP contribution in [0.15, 0.2) is 24.4 Å². The molecule has 1 aliphatic carbocycles. The van der Waals surface area contributed by atoms with E-state index in [0.717, 1.165) is 43.2 Å². The summed E-state index contributed by atoms with van der Waals surface area (Å²) in [4.78, 5) is 4.40. The van der Waals surface area contributed by atoms with Gasteiger partial charge in [-0.1, -0.05) is 6.92 Å². The average molecular weight is 387 g/mol. The minimum Gasteiger partial charge on any atom is -0.397 e. The molecule has 154 valence electrons. The van der Waals surface area contributed by atoms with Gasteiger partial charge in [0.1, 0.15) is 0 Å². The van der Waals surface area contributed by atoms with E-state index in [4.69, 9.17) is 10.5 Å². The topological polar surface area (TPSA) is 74.0 Å². The second-order valence-corrected chi connectivity index (χ2v) is 9.57. The van der Waals surface area contributed by atoms with Crippen LogP contribution < -0.4 is 20.9 Å². The Morgan fingerprint density at radius 2 is 2.14 bits per heavy atom. The van der Waals surface area contributed by atoms with E-state index in [0.29, 0.717) is 11.5 Å². The predicted molar refractivity (Wildman–Crippen MR) is 114 cm³/mol. The number of nitrogens with two attached hydrogens (primary N) is 1. The molecule has 6 nitrogen and oxygen atoms in total. The zero-order valence-electron chi connectivity index (χ0n) is 17.4. The van der Waals surface area contributed by atoms with Gasteiger partial charge in [-0.3, -0.25) is 0 Å². The van der Waals surface area contributed by atoms with Crippen molar-refractivity contribution in [2.75, 3.05) is 56.7 Å². The van der Waals surface area contributed by atoms with Crippen LogP contribution in [-0.2, 0) is 4.74 Å². The fourth-order valence-corrected chi connectivity index (χ4v) is 4.42. The van der Waals surface area contributed by atoms with Crippen LogP contribution in [0.25, 0.3) is 5.70 Å². The zero-order chi connectivity index (χ0) is 19.9. The molecule has 0 amide bonds. The molecular weight excluding hydrogens is 352 g/mol. The molecule has 0 radical (unpaired) electrons. The SMILES string of the molecule is CN(C)c1cc(N2CC(C)(CO)C2)ccc1/C(N)=C/NCC1CC2(CC2)CO1. The number of nitrogens with zero attached hydrogens (tertiary/aromatic N) is 2. The van der Waals surface area contributed by atoms with Crippen molar-refractivity contribution in [2.45, 2.75) is 32.3 Å². The van der Waals surface area contributed by atoms with Crippen molar-refractivity contribution in [3.63, 3.8) is 0 Å². The minimum atomic E-state index is 0.0150. The van der Waals surface area contributed by atoms with E-state index in [1.807, 2.05) is 20.3 Å². The number of anilines is 2. The molecule has 28 heavy (non-hydrogen) atoms. The summed E-state index contributed by atoms with van der Waals surface area (Å²) in [6, 6.07) is 6.40. The molecule has 1 saturated carbocycles. The van der Waals surface area contributed by atoms with E-state index in [1.165, 1.54) is 24.9 Å². The van der Waals surface area contributed by atoms with E-state index in [-0.39, 0.29) is 12.0 Å². The van der Waals surface area contributed by atoms with Crippen LogP contribution in [0.2, 0.25) is 0 Å². The van der Waals surface area contributed by atoms with Crippen molar-refractivity contribution >= 4 is 17.1 Å². The highest BCUT2D eigenvalue weighted by Gasteiger charge is 2.49. The summed E-state index contributed by atoms with van der Waals surface area (Å²) >= 11 is 0. The molecule has 0 bridgehead atoms. The average Bonchev–Trinajstić information content (AvgIpc) is 3.29. The van der Waals surface area contributed by atoms with Crippen molar-refractivity contribution in [3.05, 3.63) is 30.0 Å². The smallest absolute Gasteiger partial charge is 0.0753 e. The fraction of sp³-hybridized carbons (Fsp3) is 0.636. The third-order valence-electron chi connectivity index (χ3n) is 6.51. The monoisotopic (exact) mass is 386 g/mol. The predicted octanol–water partition coefficient (Wildman–Crippen LogP) is 1.99. The first kappa shape index (κ1) is 19.4. The summed E-state index contributed by atoms with van der Waals surface area (Å²) in [5.74, 6) is 0. The highest BCUT2D eigenvalue weighted by Crippen LogP contribution is 2.53. The molecule has 2 saturated heterocycles. The van der Waals surface area contributed by atoms with Gasteiger partial charge in [0, 0.05) is 62.3 Å². The lowest BCUT2D eigenvalue weighted by molar-refractivity contribution is 0.107. The second kappa shape index (κ2) is 7.16. The number of aliphatic hydroxyl groups is 1. The molecular formula is C22H34N4O2. The lowest BCUT2D eigenvalue weighted by atomic mass is 9.82. The van der Waals surface area contributed by atoms with E-state index in [2.05, 4.69) is 40.2 Å². The largest absolute Gasteiger partial charge is 0.397 e. The van der Waals surface area contributed by atoms with Gasteiger partial charge in [0.25, 0.3) is 0 Å². The van der Waals surface area contributed by atoms with Gasteiger partial charge in [-0.25, -0.2) is 0 Å². The molecule has 2 heterocycles. The summed E-state index contributed by atoms with van der Waals surface area (Å²) in [6.45, 7) is 5.85. The normalized spacial score (nSPS) is 24.9. The Bertz CT molecular complexity index is 751. The van der Waals surface area contributed by atoms with Gasteiger partial charge in [-0.15, -0.1) is 0 Å². The van der Waals surface area contributed by atoms with Crippen LogP contribution in [-0.4, -0.2) is 58.2 Å². The maximum Gasteiger partial charge on any atom is 0.0753 e. The lowest BCUT2D eigenvalue weighted by Crippen LogP contribution is -2.56. The van der Waals surface area contributed by atoms with Gasteiger partial charge in [-0.2, -0.15) is 0 Å². The van der Waals surface area contributed by atoms with Gasteiger partial charge in [-0.05, 0) is 42.9 Å². The van der Waals surface area contributed by atoms with Crippen LogP contribution in [0, 0.1) is 10.8 Å². The number of hydrogen-bond donors (Lipinski definition) is 3. The van der Waals surface area contributed by atoms with Crippen molar-refractivity contribution in [1.82, 2.24) is 5.32 Å². The molecule has 4 N–H and O–H groups in total. The Labute approximate surface area is 168 Å². The van der Waals surface area contributed by atoms with Crippen LogP contribution >= 0.6 is 0 Å². The molecule has 3 aliphatic rings. The summed E-state index contributed by atoms with van der Waals surface area (Å²) in [5.41, 5.74) is 11.0. The standard InChI is InChI=1S/C22H34N4O2/c1-21(14-27)12-26(13-21)16-4-5-18(20(8-16)25(2)3)19(23)11-24-10-17-9-22(6-7-22)15-28-17/h4-5,8,11,17,24,27H,6-7,9-10,12-15,23H2,1-3H3/b19-11-. The van der Waals surface area contributed by atoms with Crippen molar-refractivity contribution in [2.24, 2.45) is 16.6 Å². The Morgan fingerprint density at radius 3 is 2.75 bits per heavy atom. The van der Waals surface area contributed by atoms with Crippen molar-refractivity contribution < 1.29 is 9.84 Å². The number of nitrogens with one attached hydrogen (secondary N) is 1. The van der Waals surface area contributed by atoms with E-state index in [9.17, 15) is 5.11 Å². The highest BCUT2D eigenvalue weighted by atomic mass is 16.5. The minimum absolute atomic E-state index is 0.0150. The van der Waals surface area contributed by atoms with Gasteiger partial charge in [0.05, 0.1) is 25.0 Å². The molecule has 1 unspecified atom stereocenters. The van der Waals surface area contributed by atoms with Crippen LogP contribution in [0.3, 0.4) is 0 Å². The number of hydrogen-bond acceptors (Lipinski definition) is 6. The van der Waals surface area contributed by atoms with Crippen molar-refractivity contribution in [1.29, 1.82) is 0 Å². The molecule has 0 aromatic heterocycles. The molecule has 3 fully saturated rings. The first-order valence-corrected chi connectivity index (χ1v) is 10.3. The number of aliphatic hydroxyl groups excluding tert-OH is 1. The molecule has 1 aromatic carbocycles. The first-order valence-electron chi connectivity index (χ1n) is 10.3.